The van der Waals surface area contributed by atoms with Gasteiger partial charge in [0.15, 0.2) is 5.96 Å². The maximum Gasteiger partial charge on any atom is 0.305 e. The number of fused-ring (bicyclic) bond motifs is 1. The normalized spacial score (nSPS) is 11.1. The summed E-state index contributed by atoms with van der Waals surface area (Å²) < 4.78 is 18.3. The van der Waals surface area contributed by atoms with Crippen LogP contribution in [0.1, 0.15) is 32.3 Å². The van der Waals surface area contributed by atoms with Crippen LogP contribution < -0.4 is 10.6 Å². The van der Waals surface area contributed by atoms with Crippen molar-refractivity contribution in [2.75, 3.05) is 26.2 Å². The van der Waals surface area contributed by atoms with Gasteiger partial charge in [-0.2, -0.15) is 0 Å². The van der Waals surface area contributed by atoms with Gasteiger partial charge in [-0.05, 0) is 50.5 Å². The molecule has 0 aliphatic rings. The number of halogens is 2. The van der Waals surface area contributed by atoms with Gasteiger partial charge in [-0.3, -0.25) is 9.79 Å². The highest BCUT2D eigenvalue weighted by Crippen LogP contribution is 2.19. The predicted octanol–water partition coefficient (Wildman–Crippen LogP) is 3.37. The zero-order chi connectivity index (χ0) is 18.8. The second-order valence-electron chi connectivity index (χ2n) is 5.85. The second-order valence-corrected chi connectivity index (χ2v) is 5.85. The van der Waals surface area contributed by atoms with Crippen molar-refractivity contribution in [3.8, 4) is 0 Å². The minimum absolute atomic E-state index is 0. The Kier molecular flexibility index (Phi) is 10.8. The van der Waals surface area contributed by atoms with Crippen LogP contribution in [-0.2, 0) is 16.0 Å². The predicted molar refractivity (Wildman–Crippen MR) is 117 cm³/mol. The fourth-order valence-corrected chi connectivity index (χ4v) is 2.66. The molecule has 1 aromatic carbocycles. The number of nitrogens with one attached hydrogen (secondary N) is 3. The van der Waals surface area contributed by atoms with Gasteiger partial charge in [0.1, 0.15) is 5.82 Å². The van der Waals surface area contributed by atoms with Crippen LogP contribution in [0.4, 0.5) is 4.39 Å². The number of esters is 1. The number of guanidine groups is 1. The molecule has 0 unspecified atom stereocenters. The fourth-order valence-electron chi connectivity index (χ4n) is 2.66. The molecule has 0 bridgehead atoms. The third-order valence-corrected chi connectivity index (χ3v) is 3.87. The molecule has 3 N–H and O–H groups in total. The highest BCUT2D eigenvalue weighted by Gasteiger charge is 2.06. The van der Waals surface area contributed by atoms with E-state index in [0.717, 1.165) is 29.4 Å². The van der Waals surface area contributed by atoms with E-state index in [4.69, 9.17) is 4.74 Å². The third kappa shape index (κ3) is 7.74. The van der Waals surface area contributed by atoms with Crippen molar-refractivity contribution in [3.63, 3.8) is 0 Å². The van der Waals surface area contributed by atoms with Gasteiger partial charge in [0.25, 0.3) is 0 Å². The molecule has 150 valence electrons. The zero-order valence-corrected chi connectivity index (χ0v) is 18.1. The number of H-pyrrole nitrogens is 1. The fraction of sp³-hybridized carbons (Fsp3) is 0.474. The summed E-state index contributed by atoms with van der Waals surface area (Å²) in [6.45, 7) is 6.18. The van der Waals surface area contributed by atoms with E-state index >= 15 is 0 Å². The number of hydrogen-bond acceptors (Lipinski definition) is 3. The zero-order valence-electron chi connectivity index (χ0n) is 15.8. The molecule has 0 atom stereocenters. The van der Waals surface area contributed by atoms with Crippen LogP contribution in [0, 0.1) is 5.82 Å². The molecule has 2 aromatic rings. The average molecular weight is 490 g/mol. The molecule has 6 nitrogen and oxygen atoms in total. The van der Waals surface area contributed by atoms with E-state index < -0.39 is 0 Å². The summed E-state index contributed by atoms with van der Waals surface area (Å²) in [4.78, 5) is 18.9. The van der Waals surface area contributed by atoms with Crippen LogP contribution in [0.2, 0.25) is 0 Å². The molecule has 8 heteroatoms. The third-order valence-electron chi connectivity index (χ3n) is 3.87. The Labute approximate surface area is 176 Å². The van der Waals surface area contributed by atoms with Crippen molar-refractivity contribution < 1.29 is 13.9 Å². The number of rotatable bonds is 9. The molecule has 0 spiro atoms. The van der Waals surface area contributed by atoms with E-state index in [2.05, 4.69) is 20.6 Å². The van der Waals surface area contributed by atoms with Gasteiger partial charge in [-0.25, -0.2) is 4.39 Å². The molecule has 1 heterocycles. The molecular formula is C19H28FIN4O2. The van der Waals surface area contributed by atoms with Gasteiger partial charge in [-0.15, -0.1) is 24.0 Å². The number of aromatic nitrogens is 1. The largest absolute Gasteiger partial charge is 0.466 e. The van der Waals surface area contributed by atoms with Gasteiger partial charge in [-0.1, -0.05) is 0 Å². The average Bonchev–Trinajstić information content (AvgIpc) is 3.01. The number of nitrogens with zero attached hydrogens (tertiary/aromatic N) is 1. The molecule has 0 amide bonds. The Morgan fingerprint density at radius 3 is 2.85 bits per heavy atom. The van der Waals surface area contributed by atoms with E-state index in [1.165, 1.54) is 6.07 Å². The summed E-state index contributed by atoms with van der Waals surface area (Å²) in [6, 6.07) is 4.75. The lowest BCUT2D eigenvalue weighted by Crippen LogP contribution is -2.38. The summed E-state index contributed by atoms with van der Waals surface area (Å²) in [6.07, 6.45) is 3.68. The Bertz CT molecular complexity index is 748. The van der Waals surface area contributed by atoms with Crippen molar-refractivity contribution in [1.82, 2.24) is 15.6 Å². The quantitative estimate of drug-likeness (QED) is 0.166. The lowest BCUT2D eigenvalue weighted by Gasteiger charge is -2.11. The number of carbonyl (C=O) groups is 1. The van der Waals surface area contributed by atoms with Gasteiger partial charge in [0, 0.05) is 43.2 Å². The molecule has 0 aliphatic heterocycles. The first-order valence-electron chi connectivity index (χ1n) is 9.07. The van der Waals surface area contributed by atoms with E-state index in [-0.39, 0.29) is 35.8 Å². The van der Waals surface area contributed by atoms with Gasteiger partial charge < -0.3 is 20.4 Å². The van der Waals surface area contributed by atoms with Gasteiger partial charge in [0.2, 0.25) is 0 Å². The van der Waals surface area contributed by atoms with Crippen molar-refractivity contribution in [1.29, 1.82) is 0 Å². The molecule has 0 radical (unpaired) electrons. The molecule has 27 heavy (non-hydrogen) atoms. The summed E-state index contributed by atoms with van der Waals surface area (Å²) >= 11 is 0. The summed E-state index contributed by atoms with van der Waals surface area (Å²) in [7, 11) is 0. The Morgan fingerprint density at radius 2 is 2.11 bits per heavy atom. The molecular weight excluding hydrogens is 462 g/mol. The molecule has 0 saturated carbocycles. The molecule has 0 saturated heterocycles. The number of aliphatic imine (C=N–C) groups is 1. The Morgan fingerprint density at radius 1 is 1.30 bits per heavy atom. The number of hydrogen-bond donors (Lipinski definition) is 3. The lowest BCUT2D eigenvalue weighted by atomic mass is 10.1. The molecule has 0 fully saturated rings. The van der Waals surface area contributed by atoms with Crippen LogP contribution in [-0.4, -0.2) is 43.2 Å². The SMILES string of the molecule is CCNC(=NCCCC(=O)OCC)NCCc1c[nH]c2ccc(F)cc12.I. The first-order valence-corrected chi connectivity index (χ1v) is 9.07. The smallest absolute Gasteiger partial charge is 0.305 e. The van der Waals surface area contributed by atoms with E-state index in [1.807, 2.05) is 13.1 Å². The van der Waals surface area contributed by atoms with Crippen molar-refractivity contribution in [3.05, 3.63) is 35.8 Å². The first-order chi connectivity index (χ1) is 12.6. The maximum absolute atomic E-state index is 13.4. The first kappa shape index (κ1) is 23.2. The van der Waals surface area contributed by atoms with Crippen molar-refractivity contribution in [2.45, 2.75) is 33.1 Å². The molecule has 0 aliphatic carbocycles. The van der Waals surface area contributed by atoms with Gasteiger partial charge in [0.05, 0.1) is 6.61 Å². The van der Waals surface area contributed by atoms with Crippen molar-refractivity contribution in [2.24, 2.45) is 4.99 Å². The van der Waals surface area contributed by atoms with E-state index in [0.29, 0.717) is 38.5 Å². The van der Waals surface area contributed by atoms with Crippen LogP contribution in [0.15, 0.2) is 29.4 Å². The second kappa shape index (κ2) is 12.5. The minimum Gasteiger partial charge on any atom is -0.466 e. The number of aromatic amines is 1. The van der Waals surface area contributed by atoms with Crippen LogP contribution in [0.3, 0.4) is 0 Å². The highest BCUT2D eigenvalue weighted by atomic mass is 127. The number of benzene rings is 1. The lowest BCUT2D eigenvalue weighted by molar-refractivity contribution is -0.143. The molecule has 2 rings (SSSR count). The minimum atomic E-state index is -0.234. The van der Waals surface area contributed by atoms with E-state index in [9.17, 15) is 9.18 Å². The topological polar surface area (TPSA) is 78.5 Å². The van der Waals surface area contributed by atoms with E-state index in [1.54, 1.807) is 19.1 Å². The number of carbonyl (C=O) groups excluding carboxylic acids is 1. The Hall–Kier alpha value is -1.84. The van der Waals surface area contributed by atoms with Crippen molar-refractivity contribution >= 4 is 46.8 Å². The highest BCUT2D eigenvalue weighted by molar-refractivity contribution is 14.0. The van der Waals surface area contributed by atoms with Crippen LogP contribution in [0.25, 0.3) is 10.9 Å². The van der Waals surface area contributed by atoms with Crippen LogP contribution in [0.5, 0.6) is 0 Å². The summed E-state index contributed by atoms with van der Waals surface area (Å²) in [5.41, 5.74) is 1.99. The molecule has 1 aromatic heterocycles. The maximum atomic E-state index is 13.4. The number of ether oxygens (including phenoxy) is 1. The van der Waals surface area contributed by atoms with Gasteiger partial charge >= 0.3 is 5.97 Å². The van der Waals surface area contributed by atoms with Crippen LogP contribution >= 0.6 is 24.0 Å². The summed E-state index contributed by atoms with van der Waals surface area (Å²) in [5, 5.41) is 7.35. The monoisotopic (exact) mass is 490 g/mol. The standard InChI is InChI=1S/C19H27FN4O2.HI/c1-3-21-19(22-10-5-6-18(25)26-4-2)23-11-9-14-13-24-17-8-7-15(20)12-16(14)17;/h7-8,12-13,24H,3-6,9-11H2,1-2H3,(H2,21,22,23);1H. The summed E-state index contributed by atoms with van der Waals surface area (Å²) in [5.74, 6) is 0.289. The Balaban J connectivity index is 0.00000364.